The van der Waals surface area contributed by atoms with Gasteiger partial charge in [0.15, 0.2) is 0 Å². The van der Waals surface area contributed by atoms with Crippen LogP contribution in [0.2, 0.25) is 0 Å². The normalized spacial score (nSPS) is 32.2. The molecule has 0 bridgehead atoms. The molecule has 3 unspecified atom stereocenters. The Kier molecular flexibility index (Phi) is 3.73. The van der Waals surface area contributed by atoms with E-state index in [1.807, 2.05) is 0 Å². The Bertz CT molecular complexity index is 279. The van der Waals surface area contributed by atoms with Gasteiger partial charge in [0.25, 0.3) is 0 Å². The largest absolute Gasteiger partial charge is 0.468 e. The minimum absolute atomic E-state index is 0.308. The highest BCUT2D eigenvalue weighted by Crippen LogP contribution is 2.37. The first-order valence-electron chi connectivity index (χ1n) is 6.62. The van der Waals surface area contributed by atoms with E-state index in [2.05, 4.69) is 4.90 Å². The average molecular weight is 240 g/mol. The topological polar surface area (TPSA) is 55.6 Å². The number of ether oxygens (including phenoxy) is 1. The van der Waals surface area contributed by atoms with Gasteiger partial charge in [0.1, 0.15) is 5.54 Å². The molecule has 1 aliphatic carbocycles. The summed E-state index contributed by atoms with van der Waals surface area (Å²) < 4.78 is 4.72. The van der Waals surface area contributed by atoms with Crippen LogP contribution in [0.4, 0.5) is 0 Å². The Labute approximate surface area is 103 Å². The van der Waals surface area contributed by atoms with Crippen LogP contribution in [0.5, 0.6) is 0 Å². The third-order valence-corrected chi connectivity index (χ3v) is 4.40. The van der Waals surface area contributed by atoms with Gasteiger partial charge in [-0.2, -0.15) is 0 Å². The van der Waals surface area contributed by atoms with Gasteiger partial charge in [0.05, 0.1) is 7.11 Å². The number of likely N-dealkylation sites (tertiary alicyclic amines) is 1. The molecule has 2 aliphatic rings. The number of hydrogen-bond acceptors (Lipinski definition) is 4. The fourth-order valence-electron chi connectivity index (χ4n) is 3.24. The lowest BCUT2D eigenvalue weighted by Crippen LogP contribution is -2.48. The van der Waals surface area contributed by atoms with E-state index in [1.54, 1.807) is 6.92 Å². The van der Waals surface area contributed by atoms with Crippen molar-refractivity contribution in [3.63, 3.8) is 0 Å². The molecule has 0 aromatic heterocycles. The number of carbonyl (C=O) groups excluding carboxylic acids is 1. The maximum atomic E-state index is 11.5. The molecule has 98 valence electrons. The fraction of sp³-hybridized carbons (Fsp3) is 0.923. The molecule has 1 saturated carbocycles. The third-order valence-electron chi connectivity index (χ3n) is 4.40. The van der Waals surface area contributed by atoms with Gasteiger partial charge in [-0.3, -0.25) is 4.79 Å². The zero-order chi connectivity index (χ0) is 12.5. The van der Waals surface area contributed by atoms with Crippen molar-refractivity contribution >= 4 is 5.97 Å². The second kappa shape index (κ2) is 4.94. The van der Waals surface area contributed by atoms with Crippen LogP contribution in [0.15, 0.2) is 0 Å². The van der Waals surface area contributed by atoms with Gasteiger partial charge >= 0.3 is 5.97 Å². The number of nitrogens with zero attached hydrogens (tertiary/aromatic N) is 1. The lowest BCUT2D eigenvalue weighted by Gasteiger charge is -2.25. The summed E-state index contributed by atoms with van der Waals surface area (Å²) in [6.45, 7) is 5.06. The molecule has 2 N–H and O–H groups in total. The maximum absolute atomic E-state index is 11.5. The van der Waals surface area contributed by atoms with Gasteiger partial charge in [0.2, 0.25) is 0 Å². The van der Waals surface area contributed by atoms with E-state index in [0.29, 0.717) is 6.42 Å². The maximum Gasteiger partial charge on any atom is 0.325 e. The first-order chi connectivity index (χ1) is 8.03. The summed E-state index contributed by atoms with van der Waals surface area (Å²) in [7, 11) is 1.40. The molecule has 3 atom stereocenters. The molecule has 1 heterocycles. The summed E-state index contributed by atoms with van der Waals surface area (Å²) in [6, 6.07) is 0. The number of rotatable bonds is 4. The third kappa shape index (κ3) is 2.80. The predicted octanol–water partition coefficient (Wildman–Crippen LogP) is 0.999. The Morgan fingerprint density at radius 3 is 2.53 bits per heavy atom. The van der Waals surface area contributed by atoms with Gasteiger partial charge < -0.3 is 15.4 Å². The summed E-state index contributed by atoms with van der Waals surface area (Å²) >= 11 is 0. The van der Waals surface area contributed by atoms with Crippen LogP contribution in [0.25, 0.3) is 0 Å². The number of carbonyl (C=O) groups is 1. The Morgan fingerprint density at radius 2 is 2.00 bits per heavy atom. The van der Waals surface area contributed by atoms with Crippen molar-refractivity contribution in [3.05, 3.63) is 0 Å². The van der Waals surface area contributed by atoms with Gasteiger partial charge in [-0.05, 0) is 38.0 Å². The quantitative estimate of drug-likeness (QED) is 0.745. The summed E-state index contributed by atoms with van der Waals surface area (Å²) in [4.78, 5) is 13.9. The van der Waals surface area contributed by atoms with Crippen molar-refractivity contribution < 1.29 is 9.53 Å². The van der Waals surface area contributed by atoms with Gasteiger partial charge in [0, 0.05) is 19.6 Å². The highest BCUT2D eigenvalue weighted by atomic mass is 16.5. The van der Waals surface area contributed by atoms with Gasteiger partial charge in [-0.1, -0.05) is 6.42 Å². The van der Waals surface area contributed by atoms with Crippen LogP contribution < -0.4 is 5.73 Å². The van der Waals surface area contributed by atoms with Gasteiger partial charge in [-0.15, -0.1) is 0 Å². The SMILES string of the molecule is COC(=O)C(C)(N)CCN1CC2CCCC2C1. The molecule has 0 amide bonds. The van der Waals surface area contributed by atoms with E-state index in [-0.39, 0.29) is 5.97 Å². The van der Waals surface area contributed by atoms with E-state index in [0.717, 1.165) is 18.4 Å². The van der Waals surface area contributed by atoms with Crippen molar-refractivity contribution in [1.29, 1.82) is 0 Å². The first-order valence-corrected chi connectivity index (χ1v) is 6.62. The molecule has 4 nitrogen and oxygen atoms in total. The lowest BCUT2D eigenvalue weighted by molar-refractivity contribution is -0.146. The molecule has 2 rings (SSSR count). The Balaban J connectivity index is 1.78. The van der Waals surface area contributed by atoms with E-state index in [4.69, 9.17) is 10.5 Å². The lowest BCUT2D eigenvalue weighted by atomic mass is 9.99. The average Bonchev–Trinajstić information content (AvgIpc) is 2.85. The van der Waals surface area contributed by atoms with Crippen LogP contribution in [-0.4, -0.2) is 43.2 Å². The number of nitrogens with two attached hydrogens (primary N) is 1. The number of methoxy groups -OCH3 is 1. The second-order valence-corrected chi connectivity index (χ2v) is 5.87. The molecular weight excluding hydrogens is 216 g/mol. The smallest absolute Gasteiger partial charge is 0.325 e. The second-order valence-electron chi connectivity index (χ2n) is 5.87. The van der Waals surface area contributed by atoms with Crippen LogP contribution in [-0.2, 0) is 9.53 Å². The molecule has 0 aromatic carbocycles. The highest BCUT2D eigenvalue weighted by molar-refractivity contribution is 5.79. The number of esters is 1. The van der Waals surface area contributed by atoms with Gasteiger partial charge in [-0.25, -0.2) is 0 Å². The molecule has 4 heteroatoms. The minimum Gasteiger partial charge on any atom is -0.468 e. The van der Waals surface area contributed by atoms with Crippen molar-refractivity contribution in [2.24, 2.45) is 17.6 Å². The number of fused-ring (bicyclic) bond motifs is 1. The first kappa shape index (κ1) is 12.8. The predicted molar refractivity (Wildman–Crippen MR) is 66.5 cm³/mol. The molecular formula is C13H24N2O2. The minimum atomic E-state index is -0.841. The zero-order valence-corrected chi connectivity index (χ0v) is 10.9. The molecule has 0 spiro atoms. The van der Waals surface area contributed by atoms with E-state index < -0.39 is 5.54 Å². The summed E-state index contributed by atoms with van der Waals surface area (Å²) in [5, 5.41) is 0. The number of hydrogen-bond donors (Lipinski definition) is 1. The summed E-state index contributed by atoms with van der Waals surface area (Å²) in [6.07, 6.45) is 4.86. The Hall–Kier alpha value is -0.610. The molecule has 0 aromatic rings. The highest BCUT2D eigenvalue weighted by Gasteiger charge is 2.37. The summed E-state index contributed by atoms with van der Waals surface area (Å²) in [5.74, 6) is 1.49. The van der Waals surface area contributed by atoms with Crippen LogP contribution >= 0.6 is 0 Å². The van der Waals surface area contributed by atoms with E-state index >= 15 is 0 Å². The zero-order valence-electron chi connectivity index (χ0n) is 10.9. The van der Waals surface area contributed by atoms with Crippen LogP contribution in [0.1, 0.15) is 32.6 Å². The molecule has 2 fully saturated rings. The van der Waals surface area contributed by atoms with Crippen LogP contribution in [0, 0.1) is 11.8 Å². The van der Waals surface area contributed by atoms with Crippen molar-refractivity contribution in [2.45, 2.75) is 38.1 Å². The van der Waals surface area contributed by atoms with E-state index in [9.17, 15) is 4.79 Å². The molecule has 1 saturated heterocycles. The molecule has 17 heavy (non-hydrogen) atoms. The van der Waals surface area contributed by atoms with Crippen LogP contribution in [0.3, 0.4) is 0 Å². The van der Waals surface area contributed by atoms with E-state index in [1.165, 1.54) is 39.5 Å². The Morgan fingerprint density at radius 1 is 1.41 bits per heavy atom. The standard InChI is InChI=1S/C13H24N2O2/c1-13(14,12(16)17-2)6-7-15-8-10-4-3-5-11(10)9-15/h10-11H,3-9,14H2,1-2H3. The fourth-order valence-corrected chi connectivity index (χ4v) is 3.24. The summed E-state index contributed by atoms with van der Waals surface area (Å²) in [5.41, 5.74) is 5.12. The van der Waals surface area contributed by atoms with Crippen molar-refractivity contribution in [1.82, 2.24) is 4.90 Å². The monoisotopic (exact) mass is 240 g/mol. The molecule has 0 radical (unpaired) electrons. The molecule has 1 aliphatic heterocycles. The van der Waals surface area contributed by atoms with Crippen molar-refractivity contribution in [2.75, 3.05) is 26.7 Å². The van der Waals surface area contributed by atoms with Crippen molar-refractivity contribution in [3.8, 4) is 0 Å².